The number of aliphatic carboxylic acids is 1. The number of guanidine groups is 1. The summed E-state index contributed by atoms with van der Waals surface area (Å²) in [6, 6.07) is -11.9. The molecule has 122 heavy (non-hydrogen) atoms. The van der Waals surface area contributed by atoms with E-state index in [1.54, 1.807) is 30.5 Å². The smallest absolute Gasteiger partial charge is 0.328 e. The van der Waals surface area contributed by atoms with Crippen molar-refractivity contribution in [3.63, 3.8) is 0 Å². The van der Waals surface area contributed by atoms with E-state index < -0.39 is 249 Å². The summed E-state index contributed by atoms with van der Waals surface area (Å²) in [4.78, 5) is 232. The highest BCUT2D eigenvalue weighted by Gasteiger charge is 2.44. The molecule has 1 aliphatic rings. The molecule has 46 nitrogen and oxygen atoms in total. The van der Waals surface area contributed by atoms with Crippen molar-refractivity contribution < 1.29 is 112 Å². The number of benzene rings is 2. The van der Waals surface area contributed by atoms with Crippen LogP contribution in [0.1, 0.15) is 108 Å². The summed E-state index contributed by atoms with van der Waals surface area (Å²) in [5, 5.41) is 112. The number of likely N-dealkylation sites (tertiary alicyclic amines) is 1. The number of phenols is 1. The number of imidazole rings is 1. The van der Waals surface area contributed by atoms with Crippen molar-refractivity contribution in [1.29, 1.82) is 5.41 Å². The number of hydrogen-bond acceptors (Lipinski definition) is 27. The minimum Gasteiger partial charge on any atom is -0.508 e. The van der Waals surface area contributed by atoms with Crippen LogP contribution in [-0.4, -0.2) is 304 Å². The van der Waals surface area contributed by atoms with Gasteiger partial charge in [0.2, 0.25) is 88.6 Å². The summed E-state index contributed by atoms with van der Waals surface area (Å²) < 4.78 is 0. The zero-order valence-electron chi connectivity index (χ0n) is 67.7. The Balaban J connectivity index is 1.36. The highest BCUT2D eigenvalue weighted by atomic mass is 32.2. The summed E-state index contributed by atoms with van der Waals surface area (Å²) >= 11 is 1.47. The second-order valence-corrected chi connectivity index (χ2v) is 30.2. The normalized spacial score (nSPS) is 16.4. The number of aromatic amines is 2. The number of aromatic nitrogens is 3. The largest absolute Gasteiger partial charge is 0.508 e. The molecule has 3 heterocycles. The Kier molecular flexibility index (Phi) is 41.3. The number of unbranched alkanes of at least 4 members (excludes halogenated alkanes) is 1. The number of aliphatic hydroxyl groups is 5. The van der Waals surface area contributed by atoms with Crippen molar-refractivity contribution in [3.8, 4) is 5.75 Å². The maximum absolute atomic E-state index is 14.8. The average Bonchev–Trinajstić information content (AvgIpc) is 1.67. The molecule has 17 atom stereocenters. The molecule has 0 unspecified atom stereocenters. The van der Waals surface area contributed by atoms with E-state index in [0.717, 1.165) is 18.7 Å². The molecule has 0 radical (unpaired) electrons. The number of para-hydroxylation sites is 1. The fourth-order valence-electron chi connectivity index (χ4n) is 12.8. The Morgan fingerprint density at radius 3 is 1.60 bits per heavy atom. The van der Waals surface area contributed by atoms with Gasteiger partial charge < -0.3 is 148 Å². The maximum atomic E-state index is 14.8. The highest BCUT2D eigenvalue weighted by molar-refractivity contribution is 7.98. The summed E-state index contributed by atoms with van der Waals surface area (Å²) in [5.74, 6) is -18.7. The van der Waals surface area contributed by atoms with E-state index in [2.05, 4.69) is 78.8 Å². The molecule has 1 aliphatic heterocycles. The number of amides is 15. The molecule has 47 heteroatoms. The fourth-order valence-corrected chi connectivity index (χ4v) is 13.3. The van der Waals surface area contributed by atoms with Gasteiger partial charge in [0.25, 0.3) is 0 Å². The SMILES string of the molecule is CSCC[C@H](N)C(=O)N[C@@H](CCCCN)C(=O)N[C@@H](Cc1c[nH]c2ccccc12)C(=O)N[C@H](C(=O)N1CCC[C@H]1C(=O)N[C@H](C(=O)N[C@@H](CO)C(=O)N[C@@H](Cc1ccc(O)cc1)C(=O)N[C@@H](Cc1cnc[nH]1)C(=O)N[C@H](C(=O)N[C@@H](CCC(N)=O)C(=O)N[C@@H](CC(N)=O)C(=O)N[C@@H](CCCNC(=N)N)C(=O)N[C@@H](CO)C(=O)O)[C@@H](C)O)[C@@H](C)O)[C@@H](C)O. The Bertz CT molecular complexity index is 4250. The monoisotopic (exact) mass is 1740 g/mol. The van der Waals surface area contributed by atoms with Gasteiger partial charge in [-0.15, -0.1) is 0 Å². The van der Waals surface area contributed by atoms with E-state index in [-0.39, 0.29) is 75.2 Å². The molecule has 0 bridgehead atoms. The number of rotatable bonds is 53. The first-order chi connectivity index (χ1) is 57.8. The number of carbonyl (C=O) groups excluding carboxylic acids is 15. The third-order valence-corrected chi connectivity index (χ3v) is 20.1. The van der Waals surface area contributed by atoms with Gasteiger partial charge in [0.05, 0.1) is 50.3 Å². The van der Waals surface area contributed by atoms with Crippen molar-refractivity contribution in [2.24, 2.45) is 28.7 Å². The predicted octanol–water partition coefficient (Wildman–Crippen LogP) is -9.74. The lowest BCUT2D eigenvalue weighted by molar-refractivity contribution is -0.145. The van der Waals surface area contributed by atoms with Crippen molar-refractivity contribution in [2.75, 3.05) is 44.9 Å². The number of fused-ring (bicyclic) bond motifs is 1. The van der Waals surface area contributed by atoms with E-state index >= 15 is 0 Å². The zero-order valence-corrected chi connectivity index (χ0v) is 68.5. The Hall–Kier alpha value is -12.1. The van der Waals surface area contributed by atoms with E-state index in [4.69, 9.17) is 34.1 Å². The second-order valence-electron chi connectivity index (χ2n) is 29.2. The van der Waals surface area contributed by atoms with Crippen LogP contribution in [0.5, 0.6) is 5.75 Å². The topological polar surface area (TPSA) is 773 Å². The molecule has 33 N–H and O–H groups in total. The van der Waals surface area contributed by atoms with Crippen LogP contribution in [0.4, 0.5) is 0 Å². The number of aliphatic hydroxyl groups excluding tert-OH is 5. The van der Waals surface area contributed by atoms with Gasteiger partial charge in [-0.1, -0.05) is 30.3 Å². The van der Waals surface area contributed by atoms with E-state index in [9.17, 15) is 112 Å². The van der Waals surface area contributed by atoms with Crippen LogP contribution in [0.15, 0.2) is 67.3 Å². The van der Waals surface area contributed by atoms with E-state index in [1.807, 2.05) is 11.6 Å². The van der Waals surface area contributed by atoms with Gasteiger partial charge in [0.15, 0.2) is 5.96 Å². The van der Waals surface area contributed by atoms with E-state index in [0.29, 0.717) is 41.5 Å². The lowest BCUT2D eigenvalue weighted by Gasteiger charge is -2.32. The number of nitrogens with one attached hydrogen (secondary N) is 16. The molecular weight excluding hydrogens is 1620 g/mol. The molecule has 15 amide bonds. The minimum atomic E-state index is -2.09. The van der Waals surface area contributed by atoms with Gasteiger partial charge in [0, 0.05) is 67.8 Å². The first-order valence-electron chi connectivity index (χ1n) is 39.1. The molecule has 4 aromatic rings. The summed E-state index contributed by atoms with van der Waals surface area (Å²) in [5.41, 5.74) is 29.7. The van der Waals surface area contributed by atoms with Crippen molar-refractivity contribution >= 4 is 123 Å². The number of primary amides is 2. The standard InChI is InChI=1S/C75H113N23O23S/c1-36(101)58(71(117)88-48(20-21-56(78)105)64(110)92-52(30-57(79)106)66(112)87-47(14-9-24-83-75(80)81)63(109)94-54(34-100)74(120)121)95-68(114)51(29-41-32-82-35-85-41)91-65(111)49(27-39-16-18-42(104)19-17-39)89-69(115)53(33-99)93-72(118)59(37(2)102)96-70(116)55-15-10-25-98(55)73(119)60(38(3)103)97-67(113)50(28-40-31-84-45-12-6-5-11-43(40)45)90-62(108)46(13-7-8-23-76)86-61(107)44(77)22-26-122-4/h5-6,11-12,16-19,31-32,35-38,44,46-55,58-60,84,99-104H,7-10,13-15,20-30,33-34,76-77H2,1-4H3,(H2,78,105)(H2,79,106)(H,82,85)(H,86,107)(H,87,112)(H,88,117)(H,89,115)(H,90,108)(H,91,111)(H,92,110)(H,93,118)(H,94,109)(H,95,114)(H,96,116)(H,97,113)(H,120,121)(H4,80,81,83)/t36-,37-,38-,44+,46+,47+,48+,49+,50+,51+,52+,53+,54+,55+,58+,59+,60+/m1/s1. The van der Waals surface area contributed by atoms with Crippen LogP contribution in [0.25, 0.3) is 10.9 Å². The number of hydrogen-bond donors (Lipinski definition) is 28. The molecule has 0 spiro atoms. The maximum Gasteiger partial charge on any atom is 0.328 e. The van der Waals surface area contributed by atoms with Crippen LogP contribution >= 0.6 is 11.8 Å². The lowest BCUT2D eigenvalue weighted by atomic mass is 10.0. The average molecular weight is 1740 g/mol. The Morgan fingerprint density at radius 1 is 0.557 bits per heavy atom. The first-order valence-corrected chi connectivity index (χ1v) is 40.5. The number of carbonyl (C=O) groups is 16. The minimum absolute atomic E-state index is 0.0279. The molecule has 1 fully saturated rings. The van der Waals surface area contributed by atoms with E-state index in [1.165, 1.54) is 55.5 Å². The number of nitrogens with two attached hydrogens (primary N) is 5. The number of carboxylic acids is 1. The summed E-state index contributed by atoms with van der Waals surface area (Å²) in [6.07, 6.45) is -1.95. The molecule has 5 rings (SSSR count). The first kappa shape index (κ1) is 100. The van der Waals surface area contributed by atoms with Crippen molar-refractivity contribution in [3.05, 3.63) is 84.1 Å². The Labute approximate surface area is 704 Å². The zero-order chi connectivity index (χ0) is 90.6. The predicted molar refractivity (Wildman–Crippen MR) is 436 cm³/mol. The quantitative estimate of drug-likeness (QED) is 0.0111. The van der Waals surface area contributed by atoms with Crippen LogP contribution in [0.3, 0.4) is 0 Å². The number of phenolic OH excluding ortho intramolecular Hbond substituents is 1. The number of thioether (sulfide) groups is 1. The van der Waals surface area contributed by atoms with Gasteiger partial charge in [-0.05, 0) is 126 Å². The van der Waals surface area contributed by atoms with Crippen molar-refractivity contribution in [1.82, 2.24) is 89.0 Å². The third kappa shape index (κ3) is 32.1. The molecule has 0 aliphatic carbocycles. The van der Waals surface area contributed by atoms with Gasteiger partial charge in [-0.25, -0.2) is 9.78 Å². The highest BCUT2D eigenvalue weighted by Crippen LogP contribution is 2.23. The van der Waals surface area contributed by atoms with Crippen LogP contribution in [0, 0.1) is 5.41 Å². The molecule has 0 saturated carbocycles. The van der Waals surface area contributed by atoms with Gasteiger partial charge >= 0.3 is 5.97 Å². The molecule has 2 aromatic heterocycles. The molecular formula is C75H113N23O23S. The summed E-state index contributed by atoms with van der Waals surface area (Å²) in [7, 11) is 0. The fraction of sp³-hybridized carbons (Fsp3) is 0.547. The molecule has 672 valence electrons. The van der Waals surface area contributed by atoms with Crippen molar-refractivity contribution in [2.45, 2.75) is 214 Å². The number of H-pyrrole nitrogens is 2. The Morgan fingerprint density at radius 2 is 1.05 bits per heavy atom. The molecule has 1 saturated heterocycles. The number of aromatic hydroxyl groups is 1. The van der Waals surface area contributed by atoms with Gasteiger partial charge in [-0.3, -0.25) is 77.3 Å². The van der Waals surface area contributed by atoms with Gasteiger partial charge in [0.1, 0.15) is 84.3 Å². The third-order valence-electron chi connectivity index (χ3n) is 19.5. The van der Waals surface area contributed by atoms with Gasteiger partial charge in [-0.2, -0.15) is 11.8 Å². The van der Waals surface area contributed by atoms with Crippen LogP contribution in [-0.2, 0) is 96.0 Å². The van der Waals surface area contributed by atoms with Crippen LogP contribution < -0.4 is 97.8 Å². The number of nitrogens with zero attached hydrogens (tertiary/aromatic N) is 2. The number of carboxylic acid groups (broad SMARTS) is 1. The van der Waals surface area contributed by atoms with Crippen LogP contribution in [0.2, 0.25) is 0 Å². The molecule has 2 aromatic carbocycles. The lowest BCUT2D eigenvalue weighted by Crippen LogP contribution is -2.63. The summed E-state index contributed by atoms with van der Waals surface area (Å²) in [6.45, 7) is 1.04. The second kappa shape index (κ2) is 50.2.